The van der Waals surface area contributed by atoms with Gasteiger partial charge < -0.3 is 10.5 Å². The molecule has 1 rings (SSSR count). The van der Waals surface area contributed by atoms with E-state index in [-0.39, 0.29) is 5.12 Å². The number of carbonyl (C=O) groups excluding carboxylic acids is 1. The number of hydrogen-bond acceptors (Lipinski definition) is 4. The predicted octanol–water partition coefficient (Wildman–Crippen LogP) is 1.91. The van der Waals surface area contributed by atoms with Crippen molar-refractivity contribution in [1.82, 2.24) is 0 Å². The molecule has 0 saturated heterocycles. The van der Waals surface area contributed by atoms with Crippen LogP contribution in [0.1, 0.15) is 12.5 Å². The minimum absolute atomic E-state index is 0.0667. The number of nitrogen functional groups attached to an aromatic ring is 1. The quantitative estimate of drug-likeness (QED) is 0.628. The fourth-order valence-corrected chi connectivity index (χ4v) is 1.40. The molecule has 4 heteroatoms. The van der Waals surface area contributed by atoms with Crippen LogP contribution in [-0.4, -0.2) is 18.0 Å². The molecule has 84 valence electrons. The van der Waals surface area contributed by atoms with Crippen molar-refractivity contribution < 1.29 is 9.53 Å². The largest absolute Gasteiger partial charge is 0.497 e. The molecular formula is C12H13NO2S. The molecule has 0 fully saturated rings. The van der Waals surface area contributed by atoms with Crippen molar-refractivity contribution in [2.24, 2.45) is 0 Å². The van der Waals surface area contributed by atoms with Crippen molar-refractivity contribution >= 4 is 22.6 Å². The fraction of sp³-hybridized carbons (Fsp3) is 0.250. The van der Waals surface area contributed by atoms with E-state index < -0.39 is 0 Å². The molecule has 0 atom stereocenters. The Morgan fingerprint density at radius 3 is 2.88 bits per heavy atom. The molecular weight excluding hydrogens is 222 g/mol. The Balaban J connectivity index is 2.70. The molecule has 0 unspecified atom stereocenters. The zero-order valence-corrected chi connectivity index (χ0v) is 10.1. The van der Waals surface area contributed by atoms with Gasteiger partial charge in [0.2, 0.25) is 0 Å². The summed E-state index contributed by atoms with van der Waals surface area (Å²) in [4.78, 5) is 10.7. The third-order valence-electron chi connectivity index (χ3n) is 1.83. The third-order valence-corrected chi connectivity index (χ3v) is 2.52. The first-order valence-electron chi connectivity index (χ1n) is 4.69. The molecule has 2 N–H and O–H groups in total. The monoisotopic (exact) mass is 235 g/mol. The van der Waals surface area contributed by atoms with Gasteiger partial charge in [-0.25, -0.2) is 0 Å². The SMILES string of the molecule is COc1ccc(C#CCSC(C)=O)c(N)c1. The van der Waals surface area contributed by atoms with Gasteiger partial charge in [0.05, 0.1) is 18.6 Å². The normalized spacial score (nSPS) is 9.12. The molecule has 0 aromatic heterocycles. The molecule has 0 aliphatic rings. The van der Waals surface area contributed by atoms with E-state index >= 15 is 0 Å². The Labute approximate surface area is 99.4 Å². The molecule has 0 saturated carbocycles. The summed E-state index contributed by atoms with van der Waals surface area (Å²) in [5.74, 6) is 6.99. The average Bonchev–Trinajstić information content (AvgIpc) is 2.25. The van der Waals surface area contributed by atoms with E-state index in [1.807, 2.05) is 0 Å². The number of ether oxygens (including phenoxy) is 1. The Kier molecular flexibility index (Phi) is 4.74. The summed E-state index contributed by atoms with van der Waals surface area (Å²) in [5, 5.41) is 0.0667. The summed E-state index contributed by atoms with van der Waals surface area (Å²) in [6.45, 7) is 1.52. The summed E-state index contributed by atoms with van der Waals surface area (Å²) < 4.78 is 5.03. The second-order valence-corrected chi connectivity index (χ2v) is 4.19. The smallest absolute Gasteiger partial charge is 0.186 e. The molecule has 0 spiro atoms. The van der Waals surface area contributed by atoms with E-state index in [9.17, 15) is 4.79 Å². The van der Waals surface area contributed by atoms with Crippen molar-refractivity contribution in [2.75, 3.05) is 18.6 Å². The lowest BCUT2D eigenvalue weighted by Gasteiger charge is -2.02. The number of benzene rings is 1. The van der Waals surface area contributed by atoms with E-state index in [2.05, 4.69) is 11.8 Å². The third kappa shape index (κ3) is 3.87. The van der Waals surface area contributed by atoms with Crippen molar-refractivity contribution in [3.05, 3.63) is 23.8 Å². The second kappa shape index (κ2) is 6.09. The maximum absolute atomic E-state index is 10.7. The summed E-state index contributed by atoms with van der Waals surface area (Å²) in [6.07, 6.45) is 0. The highest BCUT2D eigenvalue weighted by Crippen LogP contribution is 2.18. The van der Waals surface area contributed by atoms with Crippen LogP contribution in [0.25, 0.3) is 0 Å². The van der Waals surface area contributed by atoms with Crippen LogP contribution in [0.15, 0.2) is 18.2 Å². The number of hydrogen-bond donors (Lipinski definition) is 1. The molecule has 3 nitrogen and oxygen atoms in total. The van der Waals surface area contributed by atoms with Crippen LogP contribution < -0.4 is 10.5 Å². The maximum Gasteiger partial charge on any atom is 0.186 e. The van der Waals surface area contributed by atoms with Gasteiger partial charge in [0, 0.05) is 18.6 Å². The molecule has 0 amide bonds. The van der Waals surface area contributed by atoms with Crippen LogP contribution in [0.5, 0.6) is 5.75 Å². The molecule has 0 aliphatic carbocycles. The minimum atomic E-state index is 0.0667. The van der Waals surface area contributed by atoms with Gasteiger partial charge in [-0.05, 0) is 12.1 Å². The lowest BCUT2D eigenvalue weighted by Crippen LogP contribution is -1.92. The Morgan fingerprint density at radius 1 is 1.56 bits per heavy atom. The van der Waals surface area contributed by atoms with E-state index in [4.69, 9.17) is 10.5 Å². The van der Waals surface area contributed by atoms with Gasteiger partial charge >= 0.3 is 0 Å². The first-order valence-corrected chi connectivity index (χ1v) is 5.68. The van der Waals surface area contributed by atoms with E-state index in [0.717, 1.165) is 5.56 Å². The summed E-state index contributed by atoms with van der Waals surface area (Å²) in [6, 6.07) is 5.33. The lowest BCUT2D eigenvalue weighted by atomic mass is 10.2. The number of methoxy groups -OCH3 is 1. The van der Waals surface area contributed by atoms with Crippen LogP contribution in [0.3, 0.4) is 0 Å². The summed E-state index contributed by atoms with van der Waals surface area (Å²) >= 11 is 1.19. The molecule has 0 aliphatic heterocycles. The van der Waals surface area contributed by atoms with E-state index in [1.54, 1.807) is 25.3 Å². The van der Waals surface area contributed by atoms with Gasteiger partial charge in [0.25, 0.3) is 0 Å². The summed E-state index contributed by atoms with van der Waals surface area (Å²) in [5.41, 5.74) is 7.12. The number of nitrogens with two attached hydrogens (primary N) is 1. The number of rotatable bonds is 2. The first-order chi connectivity index (χ1) is 7.63. The fourth-order valence-electron chi connectivity index (χ4n) is 1.05. The van der Waals surface area contributed by atoms with Gasteiger partial charge in [0.15, 0.2) is 5.12 Å². The van der Waals surface area contributed by atoms with E-state index in [1.165, 1.54) is 18.7 Å². The topological polar surface area (TPSA) is 52.3 Å². The van der Waals surface area contributed by atoms with Gasteiger partial charge in [-0.2, -0.15) is 0 Å². The minimum Gasteiger partial charge on any atom is -0.497 e. The van der Waals surface area contributed by atoms with Crippen molar-refractivity contribution in [3.63, 3.8) is 0 Å². The maximum atomic E-state index is 10.7. The van der Waals surface area contributed by atoms with Crippen LogP contribution in [-0.2, 0) is 4.79 Å². The highest BCUT2D eigenvalue weighted by Gasteiger charge is 1.97. The first kappa shape index (κ1) is 12.5. The molecule has 0 heterocycles. The Hall–Kier alpha value is -1.60. The Morgan fingerprint density at radius 2 is 2.31 bits per heavy atom. The predicted molar refractivity (Wildman–Crippen MR) is 67.4 cm³/mol. The van der Waals surface area contributed by atoms with Gasteiger partial charge in [-0.15, -0.1) is 0 Å². The molecule has 1 aromatic rings. The van der Waals surface area contributed by atoms with Gasteiger partial charge in [-0.3, -0.25) is 4.79 Å². The average molecular weight is 235 g/mol. The lowest BCUT2D eigenvalue weighted by molar-refractivity contribution is -0.109. The second-order valence-electron chi connectivity index (χ2n) is 3.04. The molecule has 16 heavy (non-hydrogen) atoms. The molecule has 1 aromatic carbocycles. The van der Waals surface area contributed by atoms with Gasteiger partial charge in [-0.1, -0.05) is 23.6 Å². The zero-order valence-electron chi connectivity index (χ0n) is 9.24. The van der Waals surface area contributed by atoms with Crippen molar-refractivity contribution in [1.29, 1.82) is 0 Å². The number of carbonyl (C=O) groups is 1. The number of anilines is 1. The van der Waals surface area contributed by atoms with Crippen molar-refractivity contribution in [2.45, 2.75) is 6.92 Å². The molecule has 0 bridgehead atoms. The zero-order chi connectivity index (χ0) is 12.0. The van der Waals surface area contributed by atoms with Crippen LogP contribution >= 0.6 is 11.8 Å². The van der Waals surface area contributed by atoms with E-state index in [0.29, 0.717) is 17.2 Å². The van der Waals surface area contributed by atoms with Crippen molar-refractivity contribution in [3.8, 4) is 17.6 Å². The highest BCUT2D eigenvalue weighted by atomic mass is 32.2. The standard InChI is InChI=1S/C12H13NO2S/c1-9(14)16-7-3-4-10-5-6-11(15-2)8-12(10)13/h5-6,8H,7,13H2,1-2H3. The van der Waals surface area contributed by atoms with Crippen LogP contribution in [0, 0.1) is 11.8 Å². The van der Waals surface area contributed by atoms with Gasteiger partial charge in [0.1, 0.15) is 5.75 Å². The highest BCUT2D eigenvalue weighted by molar-refractivity contribution is 8.13. The number of thioether (sulfide) groups is 1. The van der Waals surface area contributed by atoms with Crippen LogP contribution in [0.4, 0.5) is 5.69 Å². The molecule has 0 radical (unpaired) electrons. The van der Waals surface area contributed by atoms with Crippen LogP contribution in [0.2, 0.25) is 0 Å². The summed E-state index contributed by atoms with van der Waals surface area (Å²) in [7, 11) is 1.59. The Bertz CT molecular complexity index is 446.